The standard InChI is InChI=1S/C20H17BrN2O5S/c1-26-15-7-5-4-6-14(15)23-19(25)12(18(24)22-20(23)29)8-11-9-16(27-2)17(28-3)10-13(11)21/h4-10H,1-3H3,(H,22,24,29)/b12-8+. The molecular formula is C20H17BrN2O5S. The zero-order valence-electron chi connectivity index (χ0n) is 15.8. The number of methoxy groups -OCH3 is 3. The van der Waals surface area contributed by atoms with Crippen LogP contribution in [0.4, 0.5) is 5.69 Å². The van der Waals surface area contributed by atoms with Gasteiger partial charge in [-0.1, -0.05) is 28.1 Å². The molecule has 2 aromatic rings. The number of ether oxygens (including phenoxy) is 3. The van der Waals surface area contributed by atoms with Gasteiger partial charge in [0.2, 0.25) is 0 Å². The van der Waals surface area contributed by atoms with Gasteiger partial charge in [-0.25, -0.2) is 4.90 Å². The summed E-state index contributed by atoms with van der Waals surface area (Å²) in [5.41, 5.74) is 0.911. The van der Waals surface area contributed by atoms with E-state index in [1.807, 2.05) is 0 Å². The molecule has 2 amide bonds. The number of nitrogens with zero attached hydrogens (tertiary/aromatic N) is 1. The third-order valence-corrected chi connectivity index (χ3v) is 5.20. The second kappa shape index (κ2) is 8.62. The lowest BCUT2D eigenvalue weighted by Crippen LogP contribution is -2.54. The van der Waals surface area contributed by atoms with Crippen molar-refractivity contribution in [3.05, 3.63) is 52.0 Å². The van der Waals surface area contributed by atoms with Crippen molar-refractivity contribution in [1.82, 2.24) is 5.32 Å². The van der Waals surface area contributed by atoms with E-state index in [1.54, 1.807) is 36.4 Å². The molecule has 150 valence electrons. The highest BCUT2D eigenvalue weighted by Gasteiger charge is 2.36. The van der Waals surface area contributed by atoms with Crippen LogP contribution >= 0.6 is 28.1 Å². The van der Waals surface area contributed by atoms with E-state index < -0.39 is 11.8 Å². The average Bonchev–Trinajstić information content (AvgIpc) is 2.71. The number of nitrogens with one attached hydrogen (secondary N) is 1. The number of anilines is 1. The third kappa shape index (κ3) is 3.96. The minimum atomic E-state index is -0.590. The highest BCUT2D eigenvalue weighted by Crippen LogP contribution is 2.35. The zero-order chi connectivity index (χ0) is 21.1. The summed E-state index contributed by atoms with van der Waals surface area (Å²) < 4.78 is 16.5. The number of halogens is 1. The highest BCUT2D eigenvalue weighted by atomic mass is 79.9. The van der Waals surface area contributed by atoms with Crippen LogP contribution in [0.1, 0.15) is 5.56 Å². The molecule has 1 fully saturated rings. The number of thiocarbonyl (C=S) groups is 1. The highest BCUT2D eigenvalue weighted by molar-refractivity contribution is 9.10. The first kappa shape index (κ1) is 20.8. The molecule has 0 aromatic heterocycles. The first-order valence-electron chi connectivity index (χ1n) is 8.37. The van der Waals surface area contributed by atoms with Crippen LogP contribution in [-0.2, 0) is 9.59 Å². The number of carbonyl (C=O) groups excluding carboxylic acids is 2. The van der Waals surface area contributed by atoms with Gasteiger partial charge in [-0.2, -0.15) is 0 Å². The smallest absolute Gasteiger partial charge is 0.270 e. The lowest BCUT2D eigenvalue weighted by molar-refractivity contribution is -0.122. The topological polar surface area (TPSA) is 77.1 Å². The number of rotatable bonds is 5. The monoisotopic (exact) mass is 476 g/mol. The third-order valence-electron chi connectivity index (χ3n) is 4.23. The molecule has 29 heavy (non-hydrogen) atoms. The van der Waals surface area contributed by atoms with Crippen LogP contribution in [0.15, 0.2) is 46.4 Å². The largest absolute Gasteiger partial charge is 0.495 e. The lowest BCUT2D eigenvalue weighted by Gasteiger charge is -2.29. The quantitative estimate of drug-likeness (QED) is 0.405. The van der Waals surface area contributed by atoms with Gasteiger partial charge in [0.15, 0.2) is 16.6 Å². The van der Waals surface area contributed by atoms with Crippen LogP contribution in [0.5, 0.6) is 17.2 Å². The van der Waals surface area contributed by atoms with Crippen LogP contribution in [0, 0.1) is 0 Å². The predicted molar refractivity (Wildman–Crippen MR) is 116 cm³/mol. The van der Waals surface area contributed by atoms with Gasteiger partial charge < -0.3 is 14.2 Å². The van der Waals surface area contributed by atoms with Crippen molar-refractivity contribution in [3.63, 3.8) is 0 Å². The number of hydrogen-bond acceptors (Lipinski definition) is 6. The summed E-state index contributed by atoms with van der Waals surface area (Å²) in [7, 11) is 4.52. The van der Waals surface area contributed by atoms with E-state index >= 15 is 0 Å². The van der Waals surface area contributed by atoms with Gasteiger partial charge >= 0.3 is 0 Å². The maximum absolute atomic E-state index is 13.2. The molecule has 9 heteroatoms. The Bertz CT molecular complexity index is 1040. The zero-order valence-corrected chi connectivity index (χ0v) is 18.2. The van der Waals surface area contributed by atoms with E-state index in [4.69, 9.17) is 26.4 Å². The molecule has 0 saturated carbocycles. The molecule has 2 aromatic carbocycles. The maximum Gasteiger partial charge on any atom is 0.270 e. The molecule has 1 heterocycles. The normalized spacial score (nSPS) is 15.4. The van der Waals surface area contributed by atoms with Gasteiger partial charge in [0.1, 0.15) is 11.3 Å². The molecule has 3 rings (SSSR count). The molecule has 0 spiro atoms. The van der Waals surface area contributed by atoms with Crippen molar-refractivity contribution < 1.29 is 23.8 Å². The van der Waals surface area contributed by atoms with Gasteiger partial charge in [-0.15, -0.1) is 0 Å². The molecule has 0 atom stereocenters. The summed E-state index contributed by atoms with van der Waals surface area (Å²) in [6.45, 7) is 0. The molecule has 1 aliphatic rings. The van der Waals surface area contributed by atoms with Crippen molar-refractivity contribution in [2.75, 3.05) is 26.2 Å². The van der Waals surface area contributed by atoms with Crippen LogP contribution < -0.4 is 24.4 Å². The van der Waals surface area contributed by atoms with Crippen LogP contribution in [0.2, 0.25) is 0 Å². The SMILES string of the molecule is COc1cc(Br)c(/C=C2\C(=O)NC(=S)N(c3ccccc3OC)C2=O)cc1OC. The van der Waals surface area contributed by atoms with E-state index in [0.717, 1.165) is 0 Å². The van der Waals surface area contributed by atoms with Gasteiger partial charge in [0.05, 0.1) is 27.0 Å². The van der Waals surface area contributed by atoms with E-state index in [9.17, 15) is 9.59 Å². The van der Waals surface area contributed by atoms with Crippen molar-refractivity contribution in [2.24, 2.45) is 0 Å². The van der Waals surface area contributed by atoms with Crippen molar-refractivity contribution in [1.29, 1.82) is 0 Å². The van der Waals surface area contributed by atoms with Gasteiger partial charge in [-0.05, 0) is 48.1 Å². The summed E-state index contributed by atoms with van der Waals surface area (Å²) in [4.78, 5) is 26.9. The Morgan fingerprint density at radius 1 is 1.00 bits per heavy atom. The van der Waals surface area contributed by atoms with Crippen LogP contribution in [0.25, 0.3) is 6.08 Å². The minimum Gasteiger partial charge on any atom is -0.495 e. The fraction of sp³-hybridized carbons (Fsp3) is 0.150. The Morgan fingerprint density at radius 2 is 1.62 bits per heavy atom. The lowest BCUT2D eigenvalue weighted by atomic mass is 10.1. The van der Waals surface area contributed by atoms with Crippen LogP contribution in [-0.4, -0.2) is 38.3 Å². The Balaban J connectivity index is 2.09. The van der Waals surface area contributed by atoms with E-state index in [0.29, 0.717) is 33.0 Å². The summed E-state index contributed by atoms with van der Waals surface area (Å²) in [6.07, 6.45) is 1.47. The van der Waals surface area contributed by atoms with Crippen LogP contribution in [0.3, 0.4) is 0 Å². The van der Waals surface area contributed by atoms with Crippen molar-refractivity contribution >= 4 is 56.8 Å². The molecule has 0 unspecified atom stereocenters. The number of amides is 2. The molecule has 1 saturated heterocycles. The fourth-order valence-electron chi connectivity index (χ4n) is 2.83. The van der Waals surface area contributed by atoms with Gasteiger partial charge in [0.25, 0.3) is 11.8 Å². The Kier molecular flexibility index (Phi) is 6.19. The van der Waals surface area contributed by atoms with Crippen molar-refractivity contribution in [3.8, 4) is 17.2 Å². The summed E-state index contributed by atoms with van der Waals surface area (Å²) in [5.74, 6) is 0.268. The fourth-order valence-corrected chi connectivity index (χ4v) is 3.54. The van der Waals surface area contributed by atoms with Gasteiger partial charge in [-0.3, -0.25) is 14.9 Å². The Morgan fingerprint density at radius 3 is 2.28 bits per heavy atom. The number of para-hydroxylation sites is 2. The molecule has 0 radical (unpaired) electrons. The molecule has 1 aliphatic heterocycles. The van der Waals surface area contributed by atoms with Gasteiger partial charge in [0, 0.05) is 4.47 Å². The Hall–Kier alpha value is -2.91. The number of hydrogen-bond donors (Lipinski definition) is 1. The molecule has 0 aliphatic carbocycles. The van der Waals surface area contributed by atoms with Crippen molar-refractivity contribution in [2.45, 2.75) is 0 Å². The maximum atomic E-state index is 13.2. The van der Waals surface area contributed by atoms with E-state index in [-0.39, 0.29) is 10.7 Å². The summed E-state index contributed by atoms with van der Waals surface area (Å²) in [5, 5.41) is 2.53. The number of carbonyl (C=O) groups is 2. The average molecular weight is 477 g/mol. The van der Waals surface area contributed by atoms with E-state index in [2.05, 4.69) is 21.2 Å². The first-order valence-corrected chi connectivity index (χ1v) is 9.57. The second-order valence-corrected chi connectivity index (χ2v) is 7.10. The molecule has 1 N–H and O–H groups in total. The van der Waals surface area contributed by atoms with E-state index in [1.165, 1.54) is 32.3 Å². The Labute approximate surface area is 181 Å². The second-order valence-electron chi connectivity index (χ2n) is 5.86. The number of benzene rings is 2. The molecule has 7 nitrogen and oxygen atoms in total. The molecule has 0 bridgehead atoms. The minimum absolute atomic E-state index is 0.0203. The predicted octanol–water partition coefficient (Wildman–Crippen LogP) is 3.31. The summed E-state index contributed by atoms with van der Waals surface area (Å²) in [6, 6.07) is 10.3. The summed E-state index contributed by atoms with van der Waals surface area (Å²) >= 11 is 8.66. The molecular weight excluding hydrogens is 460 g/mol. The first-order chi connectivity index (χ1) is 13.9.